The molecule has 3 unspecified atom stereocenters. The maximum absolute atomic E-state index is 13.0. The molecule has 0 aliphatic rings. The van der Waals surface area contributed by atoms with E-state index in [4.69, 9.17) is 9.05 Å². The molecule has 0 aliphatic carbocycles. The van der Waals surface area contributed by atoms with E-state index in [0.717, 1.165) is 116 Å². The maximum Gasteiger partial charge on any atom is 0.472 e. The fraction of sp³-hybridized carbons (Fsp3) is 0.586. The van der Waals surface area contributed by atoms with Crippen molar-refractivity contribution in [3.8, 4) is 0 Å². The minimum atomic E-state index is -4.38. The third-order valence-corrected chi connectivity index (χ3v) is 13.6. The van der Waals surface area contributed by atoms with Gasteiger partial charge in [-0.1, -0.05) is 248 Å². The van der Waals surface area contributed by atoms with Crippen LogP contribution in [0.1, 0.15) is 213 Å². The Morgan fingerprint density at radius 2 is 0.772 bits per heavy atom. The quantitative estimate of drug-likeness (QED) is 0.0243. The number of amides is 1. The fourth-order valence-corrected chi connectivity index (χ4v) is 8.58. The van der Waals surface area contributed by atoms with Crippen molar-refractivity contribution in [2.75, 3.05) is 40.9 Å². The molecule has 0 saturated heterocycles. The Kier molecular flexibility index (Phi) is 55.4. The summed E-state index contributed by atoms with van der Waals surface area (Å²) >= 11 is 0. The van der Waals surface area contributed by atoms with Gasteiger partial charge in [-0.15, -0.1) is 0 Å². The summed E-state index contributed by atoms with van der Waals surface area (Å²) in [5.74, 6) is -0.230. The number of phosphoric ester groups is 1. The van der Waals surface area contributed by atoms with E-state index in [1.807, 2.05) is 27.2 Å². The van der Waals surface area contributed by atoms with Crippen LogP contribution in [0.2, 0.25) is 0 Å². The van der Waals surface area contributed by atoms with E-state index in [1.54, 1.807) is 6.08 Å². The first-order chi connectivity index (χ1) is 38.5. The predicted molar refractivity (Wildman–Crippen MR) is 345 cm³/mol. The molecule has 8 nitrogen and oxygen atoms in total. The number of aliphatic hydroxyl groups is 1. The Balaban J connectivity index is 4.34. The third kappa shape index (κ3) is 61.3. The Hall–Kier alpha value is -4.14. The van der Waals surface area contributed by atoms with Gasteiger partial charge in [0, 0.05) is 6.42 Å². The number of nitrogens with zero attached hydrogens (tertiary/aromatic N) is 1. The normalized spacial score (nSPS) is 15.0. The number of allylic oxidation sites excluding steroid dienone is 27. The SMILES string of the molecule is CC/C=C\C/C=C\C/C=C\C/C=C\C/C=C\C/C=C\C/C=C\C/C=C\C/C=C\C/C=C\C/C=C\CCCCCC(=O)NC(COP(=O)(O)OCC[N+](C)(C)C)C(O)/C=C/CC/C=C/CC/C=C/CCCCCCCCCCCC. The first-order valence-electron chi connectivity index (χ1n) is 31.0. The number of quaternary nitrogens is 1. The molecule has 0 spiro atoms. The summed E-state index contributed by atoms with van der Waals surface area (Å²) in [5, 5.41) is 13.9. The van der Waals surface area contributed by atoms with Gasteiger partial charge in [-0.05, 0) is 128 Å². The molecule has 0 heterocycles. The van der Waals surface area contributed by atoms with Crippen molar-refractivity contribution in [1.29, 1.82) is 0 Å². The zero-order valence-electron chi connectivity index (χ0n) is 50.8. The smallest absolute Gasteiger partial charge is 0.387 e. The zero-order valence-corrected chi connectivity index (χ0v) is 51.7. The minimum absolute atomic E-state index is 0.0370. The standard InChI is InChI=1S/C70H115N2O6P/c1-6-8-10-12-14-16-18-20-22-24-26-28-29-30-31-32-33-34-35-36-37-38-39-40-41-42-43-44-46-48-50-52-54-56-58-60-62-64-70(74)71-68(67-78-79(75,76)77-66-65-72(3,4)5)69(73)63-61-59-57-55-53-51-49-47-45-27-25-23-21-19-17-15-13-11-9-7-2/h8,10,14,16,20,22,26,28,30-31,33-34,36-37,39-40,42-43,45-48,52-55,61,63,68-69,73H,6-7,9,11-13,15,17-19,21,23-25,27,29,32,35,38,41,44,49-51,56-60,62,64-67H2,1-5H3,(H-,71,74,75,76)/p+1/b10-8-,16-14-,22-20-,28-26-,31-30-,34-33-,37-36-,40-39-,43-42-,47-45+,48-46-,54-52-,55-53+,63-61+. The van der Waals surface area contributed by atoms with Crippen LogP contribution in [0.25, 0.3) is 0 Å². The predicted octanol–water partition coefficient (Wildman–Crippen LogP) is 19.6. The number of aliphatic hydroxyl groups excluding tert-OH is 1. The Morgan fingerprint density at radius 3 is 1.16 bits per heavy atom. The van der Waals surface area contributed by atoms with Crippen molar-refractivity contribution >= 4 is 13.7 Å². The number of hydrogen-bond donors (Lipinski definition) is 3. The van der Waals surface area contributed by atoms with E-state index in [1.165, 1.54) is 70.6 Å². The Labute approximate surface area is 485 Å². The van der Waals surface area contributed by atoms with E-state index >= 15 is 0 Å². The number of nitrogens with one attached hydrogen (secondary N) is 1. The summed E-state index contributed by atoms with van der Waals surface area (Å²) in [6.07, 6.45) is 93.3. The van der Waals surface area contributed by atoms with Crippen LogP contribution in [0.15, 0.2) is 170 Å². The molecule has 9 heteroatoms. The van der Waals surface area contributed by atoms with Crippen molar-refractivity contribution in [1.82, 2.24) is 5.32 Å². The Morgan fingerprint density at radius 1 is 0.443 bits per heavy atom. The molecule has 446 valence electrons. The lowest BCUT2D eigenvalue weighted by atomic mass is 10.1. The van der Waals surface area contributed by atoms with Crippen molar-refractivity contribution in [2.45, 2.75) is 225 Å². The van der Waals surface area contributed by atoms with Crippen LogP contribution in [0, 0.1) is 0 Å². The van der Waals surface area contributed by atoms with Gasteiger partial charge in [0.2, 0.25) is 5.91 Å². The maximum atomic E-state index is 13.0. The van der Waals surface area contributed by atoms with Gasteiger partial charge in [0.1, 0.15) is 13.2 Å². The number of rotatable bonds is 54. The first kappa shape index (κ1) is 74.9. The van der Waals surface area contributed by atoms with E-state index in [-0.39, 0.29) is 19.1 Å². The van der Waals surface area contributed by atoms with Gasteiger partial charge in [-0.25, -0.2) is 4.57 Å². The fourth-order valence-electron chi connectivity index (χ4n) is 7.84. The molecular weight excluding hydrogens is 996 g/mol. The highest BCUT2D eigenvalue weighted by Crippen LogP contribution is 2.43. The summed E-state index contributed by atoms with van der Waals surface area (Å²) in [4.78, 5) is 23.3. The molecule has 3 atom stereocenters. The van der Waals surface area contributed by atoms with E-state index < -0.39 is 20.0 Å². The van der Waals surface area contributed by atoms with Crippen LogP contribution >= 0.6 is 7.82 Å². The molecule has 0 saturated carbocycles. The van der Waals surface area contributed by atoms with Crippen molar-refractivity contribution in [2.24, 2.45) is 0 Å². The lowest BCUT2D eigenvalue weighted by molar-refractivity contribution is -0.870. The number of carbonyl (C=O) groups excluding carboxylic acids is 1. The monoisotopic (exact) mass is 1110 g/mol. The molecule has 0 fully saturated rings. The van der Waals surface area contributed by atoms with Crippen LogP contribution in [0.5, 0.6) is 0 Å². The molecule has 0 aromatic rings. The second-order valence-corrected chi connectivity index (χ2v) is 22.8. The second-order valence-electron chi connectivity index (χ2n) is 21.3. The number of hydrogen-bond acceptors (Lipinski definition) is 5. The summed E-state index contributed by atoms with van der Waals surface area (Å²) in [6.45, 7) is 4.62. The van der Waals surface area contributed by atoms with Crippen molar-refractivity contribution < 1.29 is 32.9 Å². The van der Waals surface area contributed by atoms with Crippen LogP contribution in [-0.2, 0) is 18.4 Å². The molecule has 3 N–H and O–H groups in total. The van der Waals surface area contributed by atoms with Crippen molar-refractivity contribution in [3.05, 3.63) is 170 Å². The van der Waals surface area contributed by atoms with Crippen LogP contribution < -0.4 is 5.32 Å². The highest BCUT2D eigenvalue weighted by Gasteiger charge is 2.27. The van der Waals surface area contributed by atoms with Gasteiger partial charge in [-0.3, -0.25) is 13.8 Å². The summed E-state index contributed by atoms with van der Waals surface area (Å²) in [6, 6.07) is -0.902. The number of likely N-dealkylation sites (N-methyl/N-ethyl adjacent to an activating group) is 1. The van der Waals surface area contributed by atoms with Gasteiger partial charge in [0.25, 0.3) is 0 Å². The number of carbonyl (C=O) groups is 1. The largest absolute Gasteiger partial charge is 0.472 e. The van der Waals surface area contributed by atoms with Gasteiger partial charge < -0.3 is 19.8 Å². The van der Waals surface area contributed by atoms with Gasteiger partial charge in [0.05, 0.1) is 39.9 Å². The molecule has 0 rings (SSSR count). The van der Waals surface area contributed by atoms with Crippen LogP contribution in [0.4, 0.5) is 0 Å². The highest BCUT2D eigenvalue weighted by molar-refractivity contribution is 7.47. The molecule has 0 radical (unpaired) electrons. The van der Waals surface area contributed by atoms with Gasteiger partial charge in [-0.2, -0.15) is 0 Å². The second kappa shape index (κ2) is 58.5. The summed E-state index contributed by atoms with van der Waals surface area (Å²) in [5.41, 5.74) is 0. The summed E-state index contributed by atoms with van der Waals surface area (Å²) < 4.78 is 23.7. The third-order valence-electron chi connectivity index (χ3n) is 12.6. The molecule has 0 aromatic heterocycles. The average Bonchev–Trinajstić information content (AvgIpc) is 3.42. The van der Waals surface area contributed by atoms with Crippen LogP contribution in [-0.4, -0.2) is 73.4 Å². The van der Waals surface area contributed by atoms with E-state index in [2.05, 4.69) is 177 Å². The first-order valence-corrected chi connectivity index (χ1v) is 32.5. The lowest BCUT2D eigenvalue weighted by Crippen LogP contribution is -2.45. The molecule has 0 bridgehead atoms. The minimum Gasteiger partial charge on any atom is -0.387 e. The molecule has 79 heavy (non-hydrogen) atoms. The summed E-state index contributed by atoms with van der Waals surface area (Å²) in [7, 11) is 1.50. The molecular formula is C70H116N2O6P+. The van der Waals surface area contributed by atoms with Crippen LogP contribution in [0.3, 0.4) is 0 Å². The Bertz CT molecular complexity index is 1890. The van der Waals surface area contributed by atoms with Gasteiger partial charge in [0.15, 0.2) is 0 Å². The highest BCUT2D eigenvalue weighted by atomic mass is 31.2. The molecule has 0 aliphatic heterocycles. The number of phosphoric acid groups is 1. The molecule has 1 amide bonds. The average molecular weight is 1110 g/mol. The van der Waals surface area contributed by atoms with E-state index in [0.29, 0.717) is 23.9 Å². The number of unbranched alkanes of at least 4 members (excludes halogenated alkanes) is 15. The molecule has 0 aromatic carbocycles. The zero-order chi connectivity index (χ0) is 57.7. The lowest BCUT2D eigenvalue weighted by Gasteiger charge is -2.25. The van der Waals surface area contributed by atoms with E-state index in [9.17, 15) is 19.4 Å². The van der Waals surface area contributed by atoms with Crippen molar-refractivity contribution in [3.63, 3.8) is 0 Å². The topological polar surface area (TPSA) is 105 Å². The van der Waals surface area contributed by atoms with Gasteiger partial charge >= 0.3 is 7.82 Å².